The second kappa shape index (κ2) is 8.01. The zero-order valence-corrected chi connectivity index (χ0v) is 15.2. The van der Waals surface area contributed by atoms with Crippen LogP contribution in [0.1, 0.15) is 58.8 Å². The maximum atomic E-state index is 15.0. The molecule has 24 heavy (non-hydrogen) atoms. The van der Waals surface area contributed by atoms with Gasteiger partial charge in [-0.05, 0) is 62.9 Å². The van der Waals surface area contributed by atoms with Crippen molar-refractivity contribution in [3.8, 4) is 0 Å². The highest BCUT2D eigenvalue weighted by molar-refractivity contribution is 5.22. The van der Waals surface area contributed by atoms with Gasteiger partial charge in [0.15, 0.2) is 0 Å². The van der Waals surface area contributed by atoms with Gasteiger partial charge < -0.3 is 5.32 Å². The molecule has 0 aromatic carbocycles. The first kappa shape index (κ1) is 17.9. The standard InChI is InChI=1S/C21H33F2N/c1-3-6-14-8-5-9-15(21(14)23)12-18-16(7-4-2)17-10-11-24-20(17)13-19(18)22/h4,7,13-19,21,24H,3,5-6,8-12H2,1-2H3/b7-4+. The van der Waals surface area contributed by atoms with Gasteiger partial charge in [-0.2, -0.15) is 0 Å². The van der Waals surface area contributed by atoms with Gasteiger partial charge in [0.25, 0.3) is 0 Å². The highest BCUT2D eigenvalue weighted by atomic mass is 19.1. The maximum absolute atomic E-state index is 15.0. The van der Waals surface area contributed by atoms with Gasteiger partial charge in [-0.3, -0.25) is 0 Å². The molecule has 0 amide bonds. The van der Waals surface area contributed by atoms with Crippen molar-refractivity contribution in [1.29, 1.82) is 0 Å². The summed E-state index contributed by atoms with van der Waals surface area (Å²) in [5, 5.41) is 3.35. The van der Waals surface area contributed by atoms with Gasteiger partial charge in [0, 0.05) is 24.1 Å². The Labute approximate surface area is 146 Å². The number of nitrogens with one attached hydrogen (secondary N) is 1. The first-order valence-corrected chi connectivity index (χ1v) is 10.0. The van der Waals surface area contributed by atoms with Gasteiger partial charge in [-0.15, -0.1) is 0 Å². The molecule has 3 rings (SSSR count). The minimum atomic E-state index is -0.943. The fraction of sp³-hybridized carbons (Fsp3) is 0.810. The fourth-order valence-electron chi connectivity index (χ4n) is 5.45. The van der Waals surface area contributed by atoms with Crippen LogP contribution in [0.4, 0.5) is 8.78 Å². The Kier molecular flexibility index (Phi) is 5.99. The number of fused-ring (bicyclic) bond motifs is 1. The van der Waals surface area contributed by atoms with Crippen molar-refractivity contribution in [3.63, 3.8) is 0 Å². The van der Waals surface area contributed by atoms with Gasteiger partial charge in [0.1, 0.15) is 12.3 Å². The highest BCUT2D eigenvalue weighted by Gasteiger charge is 2.44. The van der Waals surface area contributed by atoms with E-state index in [2.05, 4.69) is 24.4 Å². The van der Waals surface area contributed by atoms with E-state index < -0.39 is 12.3 Å². The van der Waals surface area contributed by atoms with E-state index in [9.17, 15) is 8.78 Å². The van der Waals surface area contributed by atoms with Crippen molar-refractivity contribution in [2.24, 2.45) is 29.6 Å². The lowest BCUT2D eigenvalue weighted by molar-refractivity contribution is 0.0517. The quantitative estimate of drug-likeness (QED) is 0.645. The molecule has 7 atom stereocenters. The average molecular weight is 337 g/mol. The zero-order chi connectivity index (χ0) is 17.1. The summed E-state index contributed by atoms with van der Waals surface area (Å²) in [7, 11) is 0. The van der Waals surface area contributed by atoms with E-state index in [-0.39, 0.29) is 23.7 Å². The molecule has 136 valence electrons. The van der Waals surface area contributed by atoms with Crippen molar-refractivity contribution >= 4 is 0 Å². The van der Waals surface area contributed by atoms with Crippen LogP contribution in [0, 0.1) is 29.6 Å². The van der Waals surface area contributed by atoms with E-state index in [1.54, 1.807) is 6.08 Å². The Morgan fingerprint density at radius 3 is 2.75 bits per heavy atom. The lowest BCUT2D eigenvalue weighted by Gasteiger charge is -2.40. The van der Waals surface area contributed by atoms with E-state index >= 15 is 0 Å². The van der Waals surface area contributed by atoms with Crippen LogP contribution in [0.2, 0.25) is 0 Å². The third kappa shape index (κ3) is 3.55. The van der Waals surface area contributed by atoms with Crippen LogP contribution in [0.25, 0.3) is 0 Å². The predicted molar refractivity (Wildman–Crippen MR) is 96.1 cm³/mol. The number of hydrogen-bond acceptors (Lipinski definition) is 1. The van der Waals surface area contributed by atoms with Crippen LogP contribution < -0.4 is 5.32 Å². The first-order valence-electron chi connectivity index (χ1n) is 10.0. The Morgan fingerprint density at radius 2 is 2.00 bits per heavy atom. The van der Waals surface area contributed by atoms with Crippen molar-refractivity contribution < 1.29 is 8.78 Å². The molecule has 1 heterocycles. The molecular weight excluding hydrogens is 304 g/mol. The van der Waals surface area contributed by atoms with E-state index in [1.807, 2.05) is 6.92 Å². The van der Waals surface area contributed by atoms with Crippen molar-refractivity contribution in [1.82, 2.24) is 5.32 Å². The largest absolute Gasteiger partial charge is 0.388 e. The molecule has 1 aliphatic heterocycles. The van der Waals surface area contributed by atoms with Crippen LogP contribution in [-0.4, -0.2) is 18.9 Å². The summed E-state index contributed by atoms with van der Waals surface area (Å²) >= 11 is 0. The fourth-order valence-corrected chi connectivity index (χ4v) is 5.45. The summed E-state index contributed by atoms with van der Waals surface area (Å²) in [4.78, 5) is 0. The van der Waals surface area contributed by atoms with E-state index in [1.165, 1.54) is 0 Å². The molecule has 1 saturated carbocycles. The molecule has 0 spiro atoms. The van der Waals surface area contributed by atoms with Crippen LogP contribution in [0.5, 0.6) is 0 Å². The van der Waals surface area contributed by atoms with E-state index in [0.29, 0.717) is 12.3 Å². The highest BCUT2D eigenvalue weighted by Crippen LogP contribution is 2.46. The van der Waals surface area contributed by atoms with Crippen molar-refractivity contribution in [2.75, 3.05) is 6.54 Å². The van der Waals surface area contributed by atoms with Gasteiger partial charge in [-0.1, -0.05) is 31.9 Å². The molecule has 0 aromatic rings. The number of rotatable bonds is 5. The average Bonchev–Trinajstić information content (AvgIpc) is 3.02. The number of halogens is 2. The minimum absolute atomic E-state index is 0.0515. The smallest absolute Gasteiger partial charge is 0.124 e. The Hall–Kier alpha value is -0.860. The maximum Gasteiger partial charge on any atom is 0.124 e. The molecule has 3 heteroatoms. The Morgan fingerprint density at radius 1 is 1.21 bits per heavy atom. The Bertz CT molecular complexity index is 470. The number of alkyl halides is 2. The van der Waals surface area contributed by atoms with Gasteiger partial charge in [0.05, 0.1) is 0 Å². The summed E-state index contributed by atoms with van der Waals surface area (Å²) in [5.74, 6) is 0.828. The molecule has 7 unspecified atom stereocenters. The molecule has 1 nitrogen and oxygen atoms in total. The molecule has 1 saturated heterocycles. The molecule has 1 N–H and O–H groups in total. The second-order valence-corrected chi connectivity index (χ2v) is 8.08. The molecule has 0 aromatic heterocycles. The third-order valence-corrected chi connectivity index (χ3v) is 6.59. The molecule has 0 bridgehead atoms. The summed E-state index contributed by atoms with van der Waals surface area (Å²) in [6, 6.07) is 0. The van der Waals surface area contributed by atoms with Crippen LogP contribution in [0.3, 0.4) is 0 Å². The summed E-state index contributed by atoms with van der Waals surface area (Å²) < 4.78 is 29.9. The minimum Gasteiger partial charge on any atom is -0.388 e. The summed E-state index contributed by atoms with van der Waals surface area (Å²) in [6.07, 6.45) is 11.2. The molecule has 2 fully saturated rings. The first-order chi connectivity index (χ1) is 11.7. The lowest BCUT2D eigenvalue weighted by atomic mass is 9.66. The summed E-state index contributed by atoms with van der Waals surface area (Å²) in [5.41, 5.74) is 1.09. The Balaban J connectivity index is 1.74. The number of hydrogen-bond donors (Lipinski definition) is 1. The summed E-state index contributed by atoms with van der Waals surface area (Å²) in [6.45, 7) is 5.09. The van der Waals surface area contributed by atoms with Crippen LogP contribution in [-0.2, 0) is 0 Å². The molecular formula is C21H33F2N. The second-order valence-electron chi connectivity index (χ2n) is 8.08. The van der Waals surface area contributed by atoms with Crippen molar-refractivity contribution in [3.05, 3.63) is 23.9 Å². The number of allylic oxidation sites excluding steroid dienone is 4. The predicted octanol–water partition coefficient (Wildman–Crippen LogP) is 5.58. The molecule has 0 radical (unpaired) electrons. The van der Waals surface area contributed by atoms with E-state index in [4.69, 9.17) is 0 Å². The lowest BCUT2D eigenvalue weighted by Crippen LogP contribution is -2.39. The van der Waals surface area contributed by atoms with Gasteiger partial charge >= 0.3 is 0 Å². The zero-order valence-electron chi connectivity index (χ0n) is 15.2. The topological polar surface area (TPSA) is 12.0 Å². The molecule has 2 aliphatic carbocycles. The van der Waals surface area contributed by atoms with Gasteiger partial charge in [-0.25, -0.2) is 8.78 Å². The van der Waals surface area contributed by atoms with Crippen LogP contribution in [0.15, 0.2) is 23.9 Å². The monoisotopic (exact) mass is 337 g/mol. The molecule has 3 aliphatic rings. The van der Waals surface area contributed by atoms with E-state index in [0.717, 1.165) is 50.8 Å². The SMILES string of the molecule is C/C=C/C1C2CCNC2=CC(F)C1CC1CCCC(CCC)C1F. The van der Waals surface area contributed by atoms with Crippen molar-refractivity contribution in [2.45, 2.75) is 71.1 Å². The van der Waals surface area contributed by atoms with Crippen LogP contribution >= 0.6 is 0 Å². The van der Waals surface area contributed by atoms with Gasteiger partial charge in [0.2, 0.25) is 0 Å². The third-order valence-electron chi connectivity index (χ3n) is 6.59. The normalized spacial score (nSPS) is 42.7.